The van der Waals surface area contributed by atoms with Gasteiger partial charge in [-0.25, -0.2) is 4.68 Å². The molecule has 0 fully saturated rings. The van der Waals surface area contributed by atoms with Crippen LogP contribution in [0.4, 0.5) is 5.69 Å². The Balaban J connectivity index is 1.46. The highest BCUT2D eigenvalue weighted by Crippen LogP contribution is 2.32. The fourth-order valence-corrected chi connectivity index (χ4v) is 3.02. The number of aryl methyl sites for hydroxylation is 1. The lowest BCUT2D eigenvalue weighted by Crippen LogP contribution is -2.15. The van der Waals surface area contributed by atoms with Gasteiger partial charge in [-0.05, 0) is 65.4 Å². The van der Waals surface area contributed by atoms with Gasteiger partial charge in [0.05, 0.1) is 17.8 Å². The first-order valence-electron chi connectivity index (χ1n) is 9.23. The molecule has 0 atom stereocenters. The van der Waals surface area contributed by atoms with Crippen molar-refractivity contribution in [3.8, 4) is 17.2 Å². The first kappa shape index (κ1) is 19.6. The molecule has 7 nitrogen and oxygen atoms in total. The first-order chi connectivity index (χ1) is 14.6. The van der Waals surface area contributed by atoms with Crippen LogP contribution < -0.4 is 10.1 Å². The summed E-state index contributed by atoms with van der Waals surface area (Å²) >= 11 is 6.13. The third kappa shape index (κ3) is 4.82. The number of aromatic nitrogens is 4. The molecular weight excluding hydrogens is 402 g/mol. The van der Waals surface area contributed by atoms with Gasteiger partial charge in [-0.15, -0.1) is 5.10 Å². The third-order valence-electron chi connectivity index (χ3n) is 4.38. The Morgan fingerprint density at radius 2 is 1.83 bits per heavy atom. The molecular formula is C22H18ClN5O2. The number of nitrogens with one attached hydrogen (secondary N) is 1. The van der Waals surface area contributed by atoms with Crippen LogP contribution in [-0.2, 0) is 11.2 Å². The van der Waals surface area contributed by atoms with Crippen LogP contribution in [0, 0.1) is 6.92 Å². The SMILES string of the molecule is Cc1ccc(Oc2ccc(Cl)cc2NC(=O)Cc2ccc(-n3cnnn3)cc2)cc1. The van der Waals surface area contributed by atoms with E-state index >= 15 is 0 Å². The van der Waals surface area contributed by atoms with E-state index in [2.05, 4.69) is 20.8 Å². The summed E-state index contributed by atoms with van der Waals surface area (Å²) in [6, 6.07) is 20.2. The number of benzene rings is 3. The average Bonchev–Trinajstić information content (AvgIpc) is 3.27. The second-order valence-corrected chi connectivity index (χ2v) is 7.14. The minimum atomic E-state index is -0.179. The van der Waals surface area contributed by atoms with E-state index in [-0.39, 0.29) is 12.3 Å². The first-order valence-corrected chi connectivity index (χ1v) is 9.61. The number of carbonyl (C=O) groups excluding carboxylic acids is 1. The molecule has 150 valence electrons. The highest BCUT2D eigenvalue weighted by atomic mass is 35.5. The van der Waals surface area contributed by atoms with Gasteiger partial charge in [-0.1, -0.05) is 41.4 Å². The number of hydrogen-bond acceptors (Lipinski definition) is 5. The Morgan fingerprint density at radius 3 is 2.53 bits per heavy atom. The van der Waals surface area contributed by atoms with Crippen molar-refractivity contribution in [2.75, 3.05) is 5.32 Å². The third-order valence-corrected chi connectivity index (χ3v) is 4.61. The van der Waals surface area contributed by atoms with Crippen molar-refractivity contribution in [3.63, 3.8) is 0 Å². The molecule has 8 heteroatoms. The number of amides is 1. The minimum Gasteiger partial charge on any atom is -0.455 e. The Bertz CT molecular complexity index is 1140. The van der Waals surface area contributed by atoms with Gasteiger partial charge in [-0.2, -0.15) is 0 Å². The number of ether oxygens (including phenoxy) is 1. The molecule has 1 N–H and O–H groups in total. The van der Waals surface area contributed by atoms with E-state index in [0.717, 1.165) is 16.8 Å². The molecule has 1 heterocycles. The molecule has 0 aliphatic carbocycles. The summed E-state index contributed by atoms with van der Waals surface area (Å²) in [6.07, 6.45) is 1.71. The lowest BCUT2D eigenvalue weighted by molar-refractivity contribution is -0.115. The van der Waals surface area contributed by atoms with Crippen LogP contribution in [0.3, 0.4) is 0 Å². The van der Waals surface area contributed by atoms with Crippen molar-refractivity contribution < 1.29 is 9.53 Å². The standard InChI is InChI=1S/C22H18ClN5O2/c1-15-2-9-19(10-3-15)30-21-11-6-17(23)13-20(21)25-22(29)12-16-4-7-18(8-5-16)28-14-24-26-27-28/h2-11,13-14H,12H2,1H3,(H,25,29). The Kier molecular flexibility index (Phi) is 5.72. The van der Waals surface area contributed by atoms with Gasteiger partial charge in [0, 0.05) is 5.02 Å². The Hall–Kier alpha value is -3.71. The smallest absolute Gasteiger partial charge is 0.228 e. The van der Waals surface area contributed by atoms with Crippen LogP contribution in [0.15, 0.2) is 73.1 Å². The predicted molar refractivity (Wildman–Crippen MR) is 114 cm³/mol. The van der Waals surface area contributed by atoms with Gasteiger partial charge in [-0.3, -0.25) is 4.79 Å². The average molecular weight is 420 g/mol. The molecule has 4 aromatic rings. The lowest BCUT2D eigenvalue weighted by Gasteiger charge is -2.13. The van der Waals surface area contributed by atoms with Crippen LogP contribution in [0.2, 0.25) is 5.02 Å². The number of carbonyl (C=O) groups is 1. The maximum Gasteiger partial charge on any atom is 0.228 e. The summed E-state index contributed by atoms with van der Waals surface area (Å²) in [5.41, 5.74) is 3.32. The van der Waals surface area contributed by atoms with Gasteiger partial charge in [0.15, 0.2) is 5.75 Å². The van der Waals surface area contributed by atoms with Crippen LogP contribution in [-0.4, -0.2) is 26.1 Å². The normalized spacial score (nSPS) is 10.6. The number of rotatable bonds is 6. The van der Waals surface area contributed by atoms with E-state index in [0.29, 0.717) is 22.2 Å². The van der Waals surface area contributed by atoms with Crippen LogP contribution in [0.25, 0.3) is 5.69 Å². The van der Waals surface area contributed by atoms with E-state index in [1.165, 1.54) is 6.33 Å². The van der Waals surface area contributed by atoms with Gasteiger partial charge in [0.1, 0.15) is 12.1 Å². The predicted octanol–water partition coefficient (Wildman–Crippen LogP) is 4.60. The monoisotopic (exact) mass is 419 g/mol. The lowest BCUT2D eigenvalue weighted by atomic mass is 10.1. The van der Waals surface area contributed by atoms with E-state index in [9.17, 15) is 4.79 Å². The van der Waals surface area contributed by atoms with Gasteiger partial charge < -0.3 is 10.1 Å². The van der Waals surface area contributed by atoms with E-state index in [4.69, 9.17) is 16.3 Å². The number of nitrogens with zero attached hydrogens (tertiary/aromatic N) is 4. The fraction of sp³-hybridized carbons (Fsp3) is 0.0909. The highest BCUT2D eigenvalue weighted by molar-refractivity contribution is 6.31. The molecule has 1 aromatic heterocycles. The second kappa shape index (κ2) is 8.75. The zero-order valence-electron chi connectivity index (χ0n) is 16.1. The molecule has 0 spiro atoms. The number of halogens is 1. The molecule has 3 aromatic carbocycles. The highest BCUT2D eigenvalue weighted by Gasteiger charge is 2.11. The molecule has 0 unspecified atom stereocenters. The number of tetrazole rings is 1. The van der Waals surface area contributed by atoms with E-state index < -0.39 is 0 Å². The van der Waals surface area contributed by atoms with E-state index in [1.54, 1.807) is 22.9 Å². The fourth-order valence-electron chi connectivity index (χ4n) is 2.85. The van der Waals surface area contributed by atoms with Crippen LogP contribution >= 0.6 is 11.6 Å². The number of anilines is 1. The zero-order chi connectivity index (χ0) is 20.9. The quantitative estimate of drug-likeness (QED) is 0.494. The summed E-state index contributed by atoms with van der Waals surface area (Å²) in [7, 11) is 0. The van der Waals surface area contributed by atoms with Crippen LogP contribution in [0.1, 0.15) is 11.1 Å². The summed E-state index contributed by atoms with van der Waals surface area (Å²) in [6.45, 7) is 2.01. The summed E-state index contributed by atoms with van der Waals surface area (Å²) < 4.78 is 7.48. The largest absolute Gasteiger partial charge is 0.455 e. The topological polar surface area (TPSA) is 81.9 Å². The molecule has 0 saturated heterocycles. The van der Waals surface area contributed by atoms with Crippen molar-refractivity contribution in [1.29, 1.82) is 0 Å². The van der Waals surface area contributed by atoms with Crippen molar-refractivity contribution in [2.24, 2.45) is 0 Å². The van der Waals surface area contributed by atoms with Crippen LogP contribution in [0.5, 0.6) is 11.5 Å². The van der Waals surface area contributed by atoms with Gasteiger partial charge in [0.25, 0.3) is 0 Å². The molecule has 0 bridgehead atoms. The molecule has 0 aliphatic heterocycles. The van der Waals surface area contributed by atoms with Crippen molar-refractivity contribution in [3.05, 3.63) is 89.2 Å². The molecule has 4 rings (SSSR count). The maximum absolute atomic E-state index is 12.6. The molecule has 0 saturated carbocycles. The molecule has 1 amide bonds. The molecule has 30 heavy (non-hydrogen) atoms. The van der Waals surface area contributed by atoms with Crippen molar-refractivity contribution in [2.45, 2.75) is 13.3 Å². The maximum atomic E-state index is 12.6. The van der Waals surface area contributed by atoms with Crippen molar-refractivity contribution >= 4 is 23.2 Å². The summed E-state index contributed by atoms with van der Waals surface area (Å²) in [5, 5.41) is 14.5. The van der Waals surface area contributed by atoms with Crippen molar-refractivity contribution in [1.82, 2.24) is 20.2 Å². The second-order valence-electron chi connectivity index (χ2n) is 6.70. The molecule has 0 radical (unpaired) electrons. The molecule has 0 aliphatic rings. The summed E-state index contributed by atoms with van der Waals surface area (Å²) in [5.74, 6) is 1.02. The zero-order valence-corrected chi connectivity index (χ0v) is 16.9. The van der Waals surface area contributed by atoms with Gasteiger partial charge in [0.2, 0.25) is 5.91 Å². The Morgan fingerprint density at radius 1 is 1.07 bits per heavy atom. The Labute approximate surface area is 178 Å². The summed E-state index contributed by atoms with van der Waals surface area (Å²) in [4.78, 5) is 12.6. The van der Waals surface area contributed by atoms with E-state index in [1.807, 2.05) is 55.5 Å². The minimum absolute atomic E-state index is 0.179. The number of hydrogen-bond donors (Lipinski definition) is 1. The van der Waals surface area contributed by atoms with Gasteiger partial charge >= 0.3 is 0 Å².